The molecule has 4 nitrogen and oxygen atoms in total. The van der Waals surface area contributed by atoms with Gasteiger partial charge in [0.15, 0.2) is 0 Å². The van der Waals surface area contributed by atoms with Crippen molar-refractivity contribution < 1.29 is 9.84 Å². The van der Waals surface area contributed by atoms with Crippen molar-refractivity contribution in [1.29, 1.82) is 0 Å². The summed E-state index contributed by atoms with van der Waals surface area (Å²) in [5.74, 6) is 1.15. The molecule has 0 saturated carbocycles. The second-order valence-electron chi connectivity index (χ2n) is 5.55. The SMILES string of the molecule is CNCC1CCCCN1C(C)c1cc(OC)ccc1O. The molecule has 112 valence electrons. The van der Waals surface area contributed by atoms with Gasteiger partial charge in [0.25, 0.3) is 0 Å². The molecule has 20 heavy (non-hydrogen) atoms. The molecule has 1 aromatic carbocycles. The normalized spacial score (nSPS) is 21.6. The predicted octanol–water partition coefficient (Wildman–Crippen LogP) is 2.54. The Morgan fingerprint density at radius 2 is 2.25 bits per heavy atom. The van der Waals surface area contributed by atoms with Crippen molar-refractivity contribution in [2.24, 2.45) is 0 Å². The maximum absolute atomic E-state index is 10.1. The highest BCUT2D eigenvalue weighted by molar-refractivity contribution is 5.41. The summed E-state index contributed by atoms with van der Waals surface area (Å²) >= 11 is 0. The minimum atomic E-state index is 0.198. The van der Waals surface area contributed by atoms with E-state index in [2.05, 4.69) is 17.1 Å². The molecule has 1 aliphatic rings. The van der Waals surface area contributed by atoms with Gasteiger partial charge in [-0.05, 0) is 51.6 Å². The van der Waals surface area contributed by atoms with Crippen molar-refractivity contribution in [2.45, 2.75) is 38.3 Å². The van der Waals surface area contributed by atoms with Gasteiger partial charge in [0.05, 0.1) is 7.11 Å². The van der Waals surface area contributed by atoms with E-state index in [-0.39, 0.29) is 6.04 Å². The third-order valence-electron chi connectivity index (χ3n) is 4.29. The molecule has 2 atom stereocenters. The topological polar surface area (TPSA) is 44.7 Å². The minimum absolute atomic E-state index is 0.198. The summed E-state index contributed by atoms with van der Waals surface area (Å²) in [6.45, 7) is 4.25. The highest BCUT2D eigenvalue weighted by Crippen LogP contribution is 2.34. The number of benzene rings is 1. The zero-order valence-corrected chi connectivity index (χ0v) is 12.7. The summed E-state index contributed by atoms with van der Waals surface area (Å²) in [4.78, 5) is 2.49. The van der Waals surface area contributed by atoms with Crippen LogP contribution in [0.5, 0.6) is 11.5 Å². The van der Waals surface area contributed by atoms with Crippen LogP contribution in [0.4, 0.5) is 0 Å². The first-order valence-electron chi connectivity index (χ1n) is 7.44. The monoisotopic (exact) mass is 278 g/mol. The molecule has 1 fully saturated rings. The van der Waals surface area contributed by atoms with Crippen molar-refractivity contribution in [3.8, 4) is 11.5 Å². The number of nitrogens with one attached hydrogen (secondary N) is 1. The summed E-state index contributed by atoms with van der Waals surface area (Å²) in [5.41, 5.74) is 0.951. The third kappa shape index (κ3) is 3.25. The Kier molecular flexibility index (Phi) is 5.26. The number of phenolic OH excluding ortho intramolecular Hbond substituents is 1. The van der Waals surface area contributed by atoms with Gasteiger partial charge in [-0.15, -0.1) is 0 Å². The lowest BCUT2D eigenvalue weighted by molar-refractivity contribution is 0.102. The molecule has 0 radical (unpaired) electrons. The first-order valence-corrected chi connectivity index (χ1v) is 7.44. The number of piperidine rings is 1. The van der Waals surface area contributed by atoms with Crippen molar-refractivity contribution in [1.82, 2.24) is 10.2 Å². The molecule has 2 unspecified atom stereocenters. The van der Waals surface area contributed by atoms with E-state index in [0.29, 0.717) is 11.8 Å². The van der Waals surface area contributed by atoms with E-state index in [4.69, 9.17) is 4.74 Å². The lowest BCUT2D eigenvalue weighted by Crippen LogP contribution is -2.45. The maximum Gasteiger partial charge on any atom is 0.120 e. The smallest absolute Gasteiger partial charge is 0.120 e. The lowest BCUT2D eigenvalue weighted by Gasteiger charge is -2.40. The Morgan fingerprint density at radius 1 is 1.45 bits per heavy atom. The molecule has 1 aromatic rings. The van der Waals surface area contributed by atoms with E-state index in [1.165, 1.54) is 19.3 Å². The van der Waals surface area contributed by atoms with Gasteiger partial charge in [-0.25, -0.2) is 0 Å². The fourth-order valence-corrected chi connectivity index (χ4v) is 3.16. The molecule has 2 rings (SSSR count). The number of likely N-dealkylation sites (tertiary alicyclic amines) is 1. The number of hydrogen-bond donors (Lipinski definition) is 2. The van der Waals surface area contributed by atoms with Crippen LogP contribution in [0.15, 0.2) is 18.2 Å². The van der Waals surface area contributed by atoms with Crippen LogP contribution in [0.3, 0.4) is 0 Å². The van der Waals surface area contributed by atoms with Crippen molar-refractivity contribution in [3.05, 3.63) is 23.8 Å². The minimum Gasteiger partial charge on any atom is -0.508 e. The predicted molar refractivity (Wildman–Crippen MR) is 81.3 cm³/mol. The summed E-state index contributed by atoms with van der Waals surface area (Å²) in [5, 5.41) is 13.4. The molecule has 1 heterocycles. The lowest BCUT2D eigenvalue weighted by atomic mass is 9.96. The van der Waals surface area contributed by atoms with Gasteiger partial charge in [-0.1, -0.05) is 6.42 Å². The molecule has 0 amide bonds. The number of hydrogen-bond acceptors (Lipinski definition) is 4. The molecule has 0 aromatic heterocycles. The van der Waals surface area contributed by atoms with Crippen molar-refractivity contribution >= 4 is 0 Å². The highest BCUT2D eigenvalue weighted by atomic mass is 16.5. The number of methoxy groups -OCH3 is 1. The van der Waals surface area contributed by atoms with E-state index in [1.54, 1.807) is 19.2 Å². The van der Waals surface area contributed by atoms with Crippen molar-refractivity contribution in [3.63, 3.8) is 0 Å². The number of likely N-dealkylation sites (N-methyl/N-ethyl adjacent to an activating group) is 1. The third-order valence-corrected chi connectivity index (χ3v) is 4.29. The standard InChI is InChI=1S/C16H26N2O2/c1-12(15-10-14(20-3)7-8-16(15)19)18-9-5-4-6-13(18)11-17-2/h7-8,10,12-13,17,19H,4-6,9,11H2,1-3H3. The average molecular weight is 278 g/mol. The number of aromatic hydroxyl groups is 1. The van der Waals surface area contributed by atoms with Gasteiger partial charge in [0.1, 0.15) is 11.5 Å². The van der Waals surface area contributed by atoms with Crippen LogP contribution in [0, 0.1) is 0 Å². The Hall–Kier alpha value is -1.26. The van der Waals surface area contributed by atoms with E-state index in [9.17, 15) is 5.11 Å². The number of rotatable bonds is 5. The van der Waals surface area contributed by atoms with Crippen LogP contribution in [0.1, 0.15) is 37.8 Å². The van der Waals surface area contributed by atoms with Crippen LogP contribution in [-0.2, 0) is 0 Å². The van der Waals surface area contributed by atoms with Gasteiger partial charge in [-0.3, -0.25) is 4.90 Å². The fourth-order valence-electron chi connectivity index (χ4n) is 3.16. The maximum atomic E-state index is 10.1. The Labute approximate surface area is 121 Å². The van der Waals surface area contributed by atoms with Gasteiger partial charge < -0.3 is 15.2 Å². The van der Waals surface area contributed by atoms with Crippen LogP contribution in [0.2, 0.25) is 0 Å². The number of ether oxygens (including phenoxy) is 1. The van der Waals surface area contributed by atoms with Gasteiger partial charge >= 0.3 is 0 Å². The van der Waals surface area contributed by atoms with Crippen molar-refractivity contribution in [2.75, 3.05) is 27.2 Å². The highest BCUT2D eigenvalue weighted by Gasteiger charge is 2.28. The fraction of sp³-hybridized carbons (Fsp3) is 0.625. The number of phenols is 1. The Bertz CT molecular complexity index is 434. The van der Waals surface area contributed by atoms with Crippen LogP contribution < -0.4 is 10.1 Å². The van der Waals surface area contributed by atoms with Crippen LogP contribution >= 0.6 is 0 Å². The quantitative estimate of drug-likeness (QED) is 0.869. The average Bonchev–Trinajstić information content (AvgIpc) is 2.48. The second kappa shape index (κ2) is 6.95. The molecular formula is C16H26N2O2. The molecule has 0 spiro atoms. The first kappa shape index (κ1) is 15.1. The Morgan fingerprint density at radius 3 is 2.95 bits per heavy atom. The van der Waals surface area contributed by atoms with E-state index < -0.39 is 0 Å². The van der Waals surface area contributed by atoms with Gasteiger partial charge in [-0.2, -0.15) is 0 Å². The van der Waals surface area contributed by atoms with Crippen LogP contribution in [-0.4, -0.2) is 43.3 Å². The largest absolute Gasteiger partial charge is 0.508 e. The number of nitrogens with zero attached hydrogens (tertiary/aromatic N) is 1. The molecule has 1 aliphatic heterocycles. The van der Waals surface area contributed by atoms with Gasteiger partial charge in [0, 0.05) is 24.2 Å². The summed E-state index contributed by atoms with van der Waals surface area (Å²) < 4.78 is 5.28. The van der Waals surface area contributed by atoms with Gasteiger partial charge in [0.2, 0.25) is 0 Å². The summed E-state index contributed by atoms with van der Waals surface area (Å²) in [7, 11) is 3.66. The molecular weight excluding hydrogens is 252 g/mol. The Balaban J connectivity index is 2.21. The van der Waals surface area contributed by atoms with E-state index in [1.807, 2.05) is 13.1 Å². The first-order chi connectivity index (χ1) is 9.67. The van der Waals surface area contributed by atoms with Crippen LogP contribution in [0.25, 0.3) is 0 Å². The summed E-state index contributed by atoms with van der Waals surface area (Å²) in [6, 6.07) is 6.21. The summed E-state index contributed by atoms with van der Waals surface area (Å²) in [6.07, 6.45) is 3.74. The van der Waals surface area contributed by atoms with E-state index >= 15 is 0 Å². The molecule has 2 N–H and O–H groups in total. The molecule has 1 saturated heterocycles. The molecule has 4 heteroatoms. The zero-order chi connectivity index (χ0) is 14.5. The molecule has 0 bridgehead atoms. The molecule has 0 aliphatic carbocycles. The second-order valence-corrected chi connectivity index (χ2v) is 5.55. The van der Waals surface area contributed by atoms with E-state index in [0.717, 1.165) is 24.4 Å². The zero-order valence-electron chi connectivity index (χ0n) is 12.7.